The van der Waals surface area contributed by atoms with E-state index in [1.807, 2.05) is 23.9 Å². The van der Waals surface area contributed by atoms with Gasteiger partial charge in [-0.05, 0) is 43.7 Å². The van der Waals surface area contributed by atoms with Crippen LogP contribution in [0.3, 0.4) is 0 Å². The third kappa shape index (κ3) is 3.50. The molecule has 3 heteroatoms. The van der Waals surface area contributed by atoms with E-state index < -0.39 is 0 Å². The molecule has 1 fully saturated rings. The molecule has 1 aliphatic rings. The summed E-state index contributed by atoms with van der Waals surface area (Å²) < 4.78 is 12.7. The Morgan fingerprint density at radius 1 is 1.20 bits per heavy atom. The molecule has 15 heavy (non-hydrogen) atoms. The summed E-state index contributed by atoms with van der Waals surface area (Å²) in [5, 5.41) is 4.07. The third-order valence-electron chi connectivity index (χ3n) is 2.62. The molecule has 1 aliphatic heterocycles. The average molecular weight is 225 g/mol. The zero-order chi connectivity index (χ0) is 10.5. The number of nitrogens with one attached hydrogen (secondary N) is 1. The molecule has 0 aliphatic carbocycles. The van der Waals surface area contributed by atoms with Crippen LogP contribution in [0.15, 0.2) is 29.2 Å². The van der Waals surface area contributed by atoms with Crippen LogP contribution in [0, 0.1) is 5.82 Å². The fourth-order valence-corrected chi connectivity index (χ4v) is 2.96. The van der Waals surface area contributed by atoms with Crippen LogP contribution in [0.1, 0.15) is 19.3 Å². The first-order valence-electron chi connectivity index (χ1n) is 5.47. The molecule has 1 aromatic carbocycles. The molecule has 1 nitrogen and oxygen atoms in total. The fourth-order valence-electron chi connectivity index (χ4n) is 1.79. The van der Waals surface area contributed by atoms with Crippen molar-refractivity contribution in [1.29, 1.82) is 0 Å². The quantitative estimate of drug-likeness (QED) is 0.830. The highest BCUT2D eigenvalue weighted by Crippen LogP contribution is 2.27. The Morgan fingerprint density at radius 3 is 2.80 bits per heavy atom. The molecule has 0 radical (unpaired) electrons. The van der Waals surface area contributed by atoms with Gasteiger partial charge in [0.2, 0.25) is 0 Å². The molecule has 0 amide bonds. The number of benzene rings is 1. The van der Waals surface area contributed by atoms with Crippen LogP contribution in [0.5, 0.6) is 0 Å². The van der Waals surface area contributed by atoms with Gasteiger partial charge in [0.25, 0.3) is 0 Å². The predicted molar refractivity (Wildman–Crippen MR) is 62.8 cm³/mol. The molecular formula is C12H16FNS. The molecule has 82 valence electrons. The van der Waals surface area contributed by atoms with Crippen LogP contribution in [0.2, 0.25) is 0 Å². The molecule has 1 aromatic rings. The summed E-state index contributed by atoms with van der Waals surface area (Å²) >= 11 is 1.86. The first-order valence-corrected chi connectivity index (χ1v) is 6.35. The number of hydrogen-bond donors (Lipinski definition) is 1. The Labute approximate surface area is 94.5 Å². The standard InChI is InChI=1S/C12H16FNS/c13-10-4-6-11(7-5-10)15-12-3-1-2-8-14-9-12/h4-7,12,14H,1-3,8-9H2. The zero-order valence-corrected chi connectivity index (χ0v) is 9.52. The van der Waals surface area contributed by atoms with Crippen LogP contribution in [0.4, 0.5) is 4.39 Å². The smallest absolute Gasteiger partial charge is 0.123 e. The summed E-state index contributed by atoms with van der Waals surface area (Å²) in [5.74, 6) is -0.154. The number of halogens is 1. The van der Waals surface area contributed by atoms with Gasteiger partial charge in [0, 0.05) is 16.7 Å². The minimum absolute atomic E-state index is 0.154. The maximum Gasteiger partial charge on any atom is 0.123 e. The molecule has 2 rings (SSSR count). The summed E-state index contributed by atoms with van der Waals surface area (Å²) in [7, 11) is 0. The van der Waals surface area contributed by atoms with E-state index in [-0.39, 0.29) is 5.82 Å². The van der Waals surface area contributed by atoms with Crippen molar-refractivity contribution in [3.63, 3.8) is 0 Å². The van der Waals surface area contributed by atoms with Crippen molar-refractivity contribution in [3.8, 4) is 0 Å². The third-order valence-corrected chi connectivity index (χ3v) is 3.90. The molecular weight excluding hydrogens is 209 g/mol. The fraction of sp³-hybridized carbons (Fsp3) is 0.500. The van der Waals surface area contributed by atoms with Crippen molar-refractivity contribution >= 4 is 11.8 Å². The van der Waals surface area contributed by atoms with Gasteiger partial charge >= 0.3 is 0 Å². The van der Waals surface area contributed by atoms with Gasteiger partial charge in [0.15, 0.2) is 0 Å². The summed E-state index contributed by atoms with van der Waals surface area (Å²) in [5.41, 5.74) is 0. The van der Waals surface area contributed by atoms with Crippen LogP contribution >= 0.6 is 11.8 Å². The lowest BCUT2D eigenvalue weighted by molar-refractivity contribution is 0.626. The van der Waals surface area contributed by atoms with Crippen molar-refractivity contribution in [2.24, 2.45) is 0 Å². The Morgan fingerprint density at radius 2 is 2.00 bits per heavy atom. The largest absolute Gasteiger partial charge is 0.316 e. The first-order chi connectivity index (χ1) is 7.34. The predicted octanol–water partition coefficient (Wildman–Crippen LogP) is 3.06. The van der Waals surface area contributed by atoms with Gasteiger partial charge < -0.3 is 5.32 Å². The molecule has 1 atom stereocenters. The van der Waals surface area contributed by atoms with Crippen molar-refractivity contribution in [1.82, 2.24) is 5.32 Å². The summed E-state index contributed by atoms with van der Waals surface area (Å²) in [6, 6.07) is 6.80. The van der Waals surface area contributed by atoms with Gasteiger partial charge in [-0.3, -0.25) is 0 Å². The molecule has 0 aromatic heterocycles. The van der Waals surface area contributed by atoms with Crippen LogP contribution < -0.4 is 5.32 Å². The van der Waals surface area contributed by atoms with E-state index in [0.29, 0.717) is 5.25 Å². The second-order valence-corrected chi connectivity index (χ2v) is 5.27. The van der Waals surface area contributed by atoms with Gasteiger partial charge in [0.05, 0.1) is 0 Å². The number of rotatable bonds is 2. The highest BCUT2D eigenvalue weighted by molar-refractivity contribution is 8.00. The van der Waals surface area contributed by atoms with Crippen molar-refractivity contribution in [3.05, 3.63) is 30.1 Å². The van der Waals surface area contributed by atoms with E-state index >= 15 is 0 Å². The van der Waals surface area contributed by atoms with E-state index in [2.05, 4.69) is 5.32 Å². The van der Waals surface area contributed by atoms with E-state index in [1.165, 1.54) is 36.3 Å². The van der Waals surface area contributed by atoms with E-state index in [0.717, 1.165) is 13.1 Å². The van der Waals surface area contributed by atoms with E-state index in [9.17, 15) is 4.39 Å². The lowest BCUT2D eigenvalue weighted by Gasteiger charge is -2.13. The Hall–Kier alpha value is -0.540. The molecule has 1 N–H and O–H groups in total. The van der Waals surface area contributed by atoms with Crippen LogP contribution in [-0.2, 0) is 0 Å². The molecule has 1 unspecified atom stereocenters. The first kappa shape index (κ1) is 11.0. The summed E-state index contributed by atoms with van der Waals surface area (Å²) in [4.78, 5) is 1.17. The Bertz CT molecular complexity index is 291. The Balaban J connectivity index is 1.92. The second-order valence-electron chi connectivity index (χ2n) is 3.89. The van der Waals surface area contributed by atoms with Crippen molar-refractivity contribution in [2.75, 3.05) is 13.1 Å². The van der Waals surface area contributed by atoms with Crippen LogP contribution in [0.25, 0.3) is 0 Å². The maximum atomic E-state index is 12.7. The summed E-state index contributed by atoms with van der Waals surface area (Å²) in [6.07, 6.45) is 3.83. The molecule has 0 saturated carbocycles. The van der Waals surface area contributed by atoms with Crippen molar-refractivity contribution in [2.45, 2.75) is 29.4 Å². The molecule has 0 spiro atoms. The normalized spacial score (nSPS) is 22.3. The average Bonchev–Trinajstić information content (AvgIpc) is 2.50. The maximum absolute atomic E-state index is 12.7. The van der Waals surface area contributed by atoms with Crippen LogP contribution in [-0.4, -0.2) is 18.3 Å². The minimum atomic E-state index is -0.154. The van der Waals surface area contributed by atoms with Gasteiger partial charge in [0.1, 0.15) is 5.82 Å². The number of thioether (sulfide) groups is 1. The lowest BCUT2D eigenvalue weighted by atomic mass is 10.2. The van der Waals surface area contributed by atoms with Crippen molar-refractivity contribution < 1.29 is 4.39 Å². The molecule has 1 saturated heterocycles. The van der Waals surface area contributed by atoms with Gasteiger partial charge in [-0.2, -0.15) is 0 Å². The topological polar surface area (TPSA) is 12.0 Å². The Kier molecular flexibility index (Phi) is 4.03. The van der Waals surface area contributed by atoms with E-state index in [1.54, 1.807) is 0 Å². The number of hydrogen-bond acceptors (Lipinski definition) is 2. The monoisotopic (exact) mass is 225 g/mol. The molecule has 0 bridgehead atoms. The second kappa shape index (κ2) is 5.52. The van der Waals surface area contributed by atoms with E-state index in [4.69, 9.17) is 0 Å². The SMILES string of the molecule is Fc1ccc(SC2CCCCNC2)cc1. The highest BCUT2D eigenvalue weighted by atomic mass is 32.2. The minimum Gasteiger partial charge on any atom is -0.316 e. The highest BCUT2D eigenvalue weighted by Gasteiger charge is 2.12. The lowest BCUT2D eigenvalue weighted by Crippen LogP contribution is -2.22. The molecule has 1 heterocycles. The zero-order valence-electron chi connectivity index (χ0n) is 8.71. The summed E-state index contributed by atoms with van der Waals surface area (Å²) in [6.45, 7) is 2.21. The van der Waals surface area contributed by atoms with Gasteiger partial charge in [-0.25, -0.2) is 4.39 Å². The van der Waals surface area contributed by atoms with Gasteiger partial charge in [-0.15, -0.1) is 11.8 Å². The van der Waals surface area contributed by atoms with Gasteiger partial charge in [-0.1, -0.05) is 6.42 Å².